The van der Waals surface area contributed by atoms with Crippen molar-refractivity contribution in [1.29, 1.82) is 0 Å². The lowest BCUT2D eigenvalue weighted by molar-refractivity contribution is -0.00868. The number of hydrogen-bond donors (Lipinski definition) is 1. The Morgan fingerprint density at radius 3 is 3.00 bits per heavy atom. The second-order valence-corrected chi connectivity index (χ2v) is 5.65. The van der Waals surface area contributed by atoms with Crippen molar-refractivity contribution in [3.63, 3.8) is 0 Å². The van der Waals surface area contributed by atoms with Gasteiger partial charge in [-0.15, -0.1) is 0 Å². The van der Waals surface area contributed by atoms with Crippen LogP contribution in [0.3, 0.4) is 0 Å². The smallest absolute Gasteiger partial charge is 0.123 e. The lowest BCUT2D eigenvalue weighted by atomic mass is 9.89. The molecule has 3 rings (SSSR count). The highest BCUT2D eigenvalue weighted by molar-refractivity contribution is 5.61. The molecule has 1 aliphatic heterocycles. The number of nitrogens with two attached hydrogens (primary N) is 1. The molecule has 110 valence electrons. The van der Waals surface area contributed by atoms with E-state index < -0.39 is 0 Å². The fraction of sp³-hybridized carbons (Fsp3) is 0.625. The van der Waals surface area contributed by atoms with Gasteiger partial charge in [-0.3, -0.25) is 0 Å². The molecular weight excluding hydrogens is 252 g/mol. The van der Waals surface area contributed by atoms with Crippen LogP contribution in [0.15, 0.2) is 18.2 Å². The molecular formula is C16H24N2O2. The maximum Gasteiger partial charge on any atom is 0.123 e. The van der Waals surface area contributed by atoms with E-state index in [1.165, 1.54) is 31.4 Å². The predicted octanol–water partition coefficient (Wildman–Crippen LogP) is 2.82. The van der Waals surface area contributed by atoms with Gasteiger partial charge >= 0.3 is 0 Å². The summed E-state index contributed by atoms with van der Waals surface area (Å²) in [5.74, 6) is 0.862. The standard InChI is InChI=1S/C16H24N2O2/c1-2-19-14-10-12(17)9-13(11-14)18-7-8-20-16-6-4-3-5-15(16)18/h9-11,15-16H,2-8,17H2,1H3. The fourth-order valence-corrected chi connectivity index (χ4v) is 3.44. The summed E-state index contributed by atoms with van der Waals surface area (Å²) in [5.41, 5.74) is 7.97. The molecule has 1 saturated carbocycles. The van der Waals surface area contributed by atoms with Gasteiger partial charge in [0.05, 0.1) is 25.4 Å². The first-order valence-electron chi connectivity index (χ1n) is 7.69. The van der Waals surface area contributed by atoms with Gasteiger partial charge in [0, 0.05) is 30.1 Å². The van der Waals surface area contributed by atoms with Gasteiger partial charge in [0.2, 0.25) is 0 Å². The van der Waals surface area contributed by atoms with E-state index in [0.29, 0.717) is 18.8 Å². The lowest BCUT2D eigenvalue weighted by Crippen LogP contribution is -2.52. The van der Waals surface area contributed by atoms with Gasteiger partial charge in [-0.05, 0) is 25.8 Å². The van der Waals surface area contributed by atoms with E-state index in [1.807, 2.05) is 13.0 Å². The molecule has 4 nitrogen and oxygen atoms in total. The van der Waals surface area contributed by atoms with Crippen LogP contribution >= 0.6 is 0 Å². The predicted molar refractivity (Wildman–Crippen MR) is 81.4 cm³/mol. The van der Waals surface area contributed by atoms with Crippen molar-refractivity contribution in [3.05, 3.63) is 18.2 Å². The van der Waals surface area contributed by atoms with Crippen LogP contribution in [-0.2, 0) is 4.74 Å². The molecule has 1 aromatic carbocycles. The number of ether oxygens (including phenoxy) is 2. The van der Waals surface area contributed by atoms with Crippen LogP contribution in [0, 0.1) is 0 Å². The zero-order valence-electron chi connectivity index (χ0n) is 12.2. The first kappa shape index (κ1) is 13.6. The molecule has 0 bridgehead atoms. The Morgan fingerprint density at radius 1 is 1.30 bits per heavy atom. The molecule has 1 aromatic rings. The molecule has 2 atom stereocenters. The Hall–Kier alpha value is -1.42. The Morgan fingerprint density at radius 2 is 2.15 bits per heavy atom. The molecule has 4 heteroatoms. The second kappa shape index (κ2) is 5.92. The van der Waals surface area contributed by atoms with Gasteiger partial charge in [-0.1, -0.05) is 12.8 Å². The van der Waals surface area contributed by atoms with Gasteiger partial charge < -0.3 is 20.1 Å². The number of nitrogen functional groups attached to an aromatic ring is 1. The Bertz CT molecular complexity index is 462. The van der Waals surface area contributed by atoms with Crippen molar-refractivity contribution in [2.75, 3.05) is 30.4 Å². The van der Waals surface area contributed by atoms with Gasteiger partial charge in [-0.2, -0.15) is 0 Å². The topological polar surface area (TPSA) is 47.7 Å². The highest BCUT2D eigenvalue weighted by atomic mass is 16.5. The van der Waals surface area contributed by atoms with Gasteiger partial charge in [-0.25, -0.2) is 0 Å². The summed E-state index contributed by atoms with van der Waals surface area (Å²) in [6.07, 6.45) is 5.36. The van der Waals surface area contributed by atoms with E-state index in [2.05, 4.69) is 17.0 Å². The van der Waals surface area contributed by atoms with E-state index in [0.717, 1.165) is 24.6 Å². The van der Waals surface area contributed by atoms with Crippen molar-refractivity contribution in [2.24, 2.45) is 0 Å². The third kappa shape index (κ3) is 2.70. The fourth-order valence-electron chi connectivity index (χ4n) is 3.44. The zero-order chi connectivity index (χ0) is 13.9. The van der Waals surface area contributed by atoms with Crippen molar-refractivity contribution < 1.29 is 9.47 Å². The summed E-state index contributed by atoms with van der Waals surface area (Å²) >= 11 is 0. The van der Waals surface area contributed by atoms with Crippen LogP contribution in [0.25, 0.3) is 0 Å². The summed E-state index contributed by atoms with van der Waals surface area (Å²) in [7, 11) is 0. The number of anilines is 2. The number of hydrogen-bond acceptors (Lipinski definition) is 4. The van der Waals surface area contributed by atoms with Crippen molar-refractivity contribution in [2.45, 2.75) is 44.8 Å². The third-order valence-electron chi connectivity index (χ3n) is 4.29. The van der Waals surface area contributed by atoms with Crippen molar-refractivity contribution in [1.82, 2.24) is 0 Å². The maximum absolute atomic E-state index is 6.03. The molecule has 0 radical (unpaired) electrons. The summed E-state index contributed by atoms with van der Waals surface area (Å²) in [6.45, 7) is 4.41. The van der Waals surface area contributed by atoms with Crippen LogP contribution < -0.4 is 15.4 Å². The highest BCUT2D eigenvalue weighted by Gasteiger charge is 2.34. The number of fused-ring (bicyclic) bond motifs is 1. The highest BCUT2D eigenvalue weighted by Crippen LogP contribution is 2.34. The molecule has 2 unspecified atom stereocenters. The van der Waals surface area contributed by atoms with Crippen molar-refractivity contribution >= 4 is 11.4 Å². The maximum atomic E-state index is 6.03. The summed E-state index contributed by atoms with van der Waals surface area (Å²) in [6, 6.07) is 6.55. The quantitative estimate of drug-likeness (QED) is 0.862. The number of morpholine rings is 1. The van der Waals surface area contributed by atoms with E-state index >= 15 is 0 Å². The minimum Gasteiger partial charge on any atom is -0.494 e. The molecule has 1 saturated heterocycles. The van der Waals surface area contributed by atoms with E-state index in [9.17, 15) is 0 Å². The summed E-state index contributed by atoms with van der Waals surface area (Å²) in [5, 5.41) is 0. The minimum absolute atomic E-state index is 0.384. The monoisotopic (exact) mass is 276 g/mol. The van der Waals surface area contributed by atoms with Crippen LogP contribution in [0.2, 0.25) is 0 Å². The Balaban J connectivity index is 1.86. The van der Waals surface area contributed by atoms with Crippen molar-refractivity contribution in [3.8, 4) is 5.75 Å². The first-order chi connectivity index (χ1) is 9.78. The first-order valence-corrected chi connectivity index (χ1v) is 7.69. The largest absolute Gasteiger partial charge is 0.494 e. The molecule has 2 aliphatic rings. The average molecular weight is 276 g/mol. The molecule has 1 heterocycles. The molecule has 0 spiro atoms. The lowest BCUT2D eigenvalue weighted by Gasteiger charge is -2.45. The zero-order valence-corrected chi connectivity index (χ0v) is 12.2. The number of rotatable bonds is 3. The molecule has 0 amide bonds. The Labute approximate surface area is 120 Å². The van der Waals surface area contributed by atoms with Gasteiger partial charge in [0.15, 0.2) is 0 Å². The molecule has 0 aromatic heterocycles. The summed E-state index contributed by atoms with van der Waals surface area (Å²) < 4.78 is 11.6. The normalized spacial score (nSPS) is 26.1. The third-order valence-corrected chi connectivity index (χ3v) is 4.29. The molecule has 2 fully saturated rings. The van der Waals surface area contributed by atoms with E-state index in [4.69, 9.17) is 15.2 Å². The summed E-state index contributed by atoms with van der Waals surface area (Å²) in [4.78, 5) is 2.46. The SMILES string of the molecule is CCOc1cc(N)cc(N2CCOC3CCCCC32)c1. The number of benzene rings is 1. The molecule has 2 N–H and O–H groups in total. The van der Waals surface area contributed by atoms with Crippen LogP contribution in [0.4, 0.5) is 11.4 Å². The Kier molecular flexibility index (Phi) is 4.01. The van der Waals surface area contributed by atoms with E-state index in [1.54, 1.807) is 0 Å². The van der Waals surface area contributed by atoms with Gasteiger partial charge in [0.25, 0.3) is 0 Å². The minimum atomic E-state index is 0.384. The molecule has 20 heavy (non-hydrogen) atoms. The number of nitrogens with zero attached hydrogens (tertiary/aromatic N) is 1. The van der Waals surface area contributed by atoms with E-state index in [-0.39, 0.29) is 0 Å². The average Bonchev–Trinajstić information content (AvgIpc) is 2.46. The molecule has 1 aliphatic carbocycles. The second-order valence-electron chi connectivity index (χ2n) is 5.65. The van der Waals surface area contributed by atoms with Crippen LogP contribution in [0.5, 0.6) is 5.75 Å². The van der Waals surface area contributed by atoms with Gasteiger partial charge in [0.1, 0.15) is 5.75 Å². The van der Waals surface area contributed by atoms with Crippen LogP contribution in [-0.4, -0.2) is 31.9 Å². The van der Waals surface area contributed by atoms with Crippen LogP contribution in [0.1, 0.15) is 32.6 Å².